The first kappa shape index (κ1) is 14.9. The lowest BCUT2D eigenvalue weighted by Gasteiger charge is -2.27. The molecule has 0 aliphatic carbocycles. The van der Waals surface area contributed by atoms with Gasteiger partial charge in [0.15, 0.2) is 0 Å². The van der Waals surface area contributed by atoms with Gasteiger partial charge in [-0.25, -0.2) is 14.8 Å². The Morgan fingerprint density at radius 2 is 2.04 bits per heavy atom. The lowest BCUT2D eigenvalue weighted by atomic mass is 10.3. The van der Waals surface area contributed by atoms with Crippen LogP contribution in [0, 0.1) is 0 Å². The molecule has 3 N–H and O–H groups in total. The maximum atomic E-state index is 12.2. The van der Waals surface area contributed by atoms with Gasteiger partial charge in [-0.3, -0.25) is 14.6 Å². The number of carbonyl (C=O) groups excluding carboxylic acids is 1. The fourth-order valence-corrected chi connectivity index (χ4v) is 2.13. The molecule has 2 aromatic heterocycles. The highest BCUT2D eigenvalue weighted by atomic mass is 16.5. The van der Waals surface area contributed by atoms with Crippen LogP contribution in [0.2, 0.25) is 0 Å². The number of anilines is 2. The first-order valence-corrected chi connectivity index (χ1v) is 6.91. The number of ether oxygens (including phenoxy) is 1. The van der Waals surface area contributed by atoms with Gasteiger partial charge in [-0.15, -0.1) is 0 Å². The van der Waals surface area contributed by atoms with Crippen molar-refractivity contribution in [3.05, 3.63) is 45.1 Å². The maximum Gasteiger partial charge on any atom is 0.325 e. The van der Waals surface area contributed by atoms with E-state index in [2.05, 4.69) is 20.3 Å². The molecule has 0 radical (unpaired) electrons. The first-order valence-electron chi connectivity index (χ1n) is 6.91. The minimum absolute atomic E-state index is 0.0684. The Hall–Kier alpha value is -3.01. The maximum absolute atomic E-state index is 12.2. The number of hydrogen-bond acceptors (Lipinski definition) is 7. The van der Waals surface area contributed by atoms with Crippen LogP contribution < -0.4 is 21.5 Å². The summed E-state index contributed by atoms with van der Waals surface area (Å²) < 4.78 is 5.27. The van der Waals surface area contributed by atoms with Crippen molar-refractivity contribution in [2.45, 2.75) is 0 Å². The van der Waals surface area contributed by atoms with Gasteiger partial charge in [-0.05, 0) is 0 Å². The fraction of sp³-hybridized carbons (Fsp3) is 0.308. The number of H-pyrrole nitrogens is 2. The molecule has 23 heavy (non-hydrogen) atoms. The average Bonchev–Trinajstić information content (AvgIpc) is 2.58. The minimum atomic E-state index is -0.690. The Bertz CT molecular complexity index is 823. The third-order valence-corrected chi connectivity index (χ3v) is 3.29. The Morgan fingerprint density at radius 3 is 2.78 bits per heavy atom. The molecule has 3 heterocycles. The van der Waals surface area contributed by atoms with E-state index in [1.54, 1.807) is 6.07 Å². The summed E-state index contributed by atoms with van der Waals surface area (Å²) in [5, 5.41) is 2.40. The van der Waals surface area contributed by atoms with E-state index in [4.69, 9.17) is 4.74 Å². The quantitative estimate of drug-likeness (QED) is 0.657. The number of morpholine rings is 1. The van der Waals surface area contributed by atoms with Crippen LogP contribution in [-0.2, 0) is 4.74 Å². The zero-order valence-corrected chi connectivity index (χ0v) is 12.0. The highest BCUT2D eigenvalue weighted by molar-refractivity contribution is 6.03. The standard InChI is InChI=1S/C13H14N6O4/c20-11(17-9-6-14-13(22)18-12(9)21)8-5-10(16-7-15-8)19-1-3-23-4-2-19/h5-7H,1-4H2,(H,17,20)(H2,14,18,21,22). The summed E-state index contributed by atoms with van der Waals surface area (Å²) in [5.41, 5.74) is -1.29. The van der Waals surface area contributed by atoms with Gasteiger partial charge in [0.2, 0.25) is 0 Å². The van der Waals surface area contributed by atoms with E-state index in [1.165, 1.54) is 6.33 Å². The summed E-state index contributed by atoms with van der Waals surface area (Å²) in [6.45, 7) is 2.55. The summed E-state index contributed by atoms with van der Waals surface area (Å²) in [6.07, 6.45) is 2.42. The third kappa shape index (κ3) is 3.43. The van der Waals surface area contributed by atoms with Gasteiger partial charge < -0.3 is 19.9 Å². The van der Waals surface area contributed by atoms with Crippen LogP contribution in [0.4, 0.5) is 11.5 Å². The van der Waals surface area contributed by atoms with E-state index in [1.807, 2.05) is 9.88 Å². The van der Waals surface area contributed by atoms with Gasteiger partial charge in [-0.1, -0.05) is 0 Å². The van der Waals surface area contributed by atoms with Crippen molar-refractivity contribution in [2.75, 3.05) is 36.5 Å². The first-order chi connectivity index (χ1) is 11.1. The zero-order chi connectivity index (χ0) is 16.2. The molecule has 1 fully saturated rings. The van der Waals surface area contributed by atoms with Gasteiger partial charge in [0.1, 0.15) is 23.5 Å². The molecule has 2 aromatic rings. The Kier molecular flexibility index (Phi) is 4.15. The number of aromatic nitrogens is 4. The smallest absolute Gasteiger partial charge is 0.325 e. The Labute approximate surface area is 129 Å². The number of amides is 1. The molecule has 0 unspecified atom stereocenters. The molecular weight excluding hydrogens is 304 g/mol. The Morgan fingerprint density at radius 1 is 1.26 bits per heavy atom. The molecule has 1 aliphatic heterocycles. The van der Waals surface area contributed by atoms with Gasteiger partial charge in [-0.2, -0.15) is 0 Å². The van der Waals surface area contributed by atoms with Gasteiger partial charge in [0.25, 0.3) is 11.5 Å². The topological polar surface area (TPSA) is 133 Å². The largest absolute Gasteiger partial charge is 0.378 e. The highest BCUT2D eigenvalue weighted by Gasteiger charge is 2.16. The fourth-order valence-electron chi connectivity index (χ4n) is 2.13. The molecule has 1 amide bonds. The predicted octanol–water partition coefficient (Wildman–Crippen LogP) is -1.06. The summed E-state index contributed by atoms with van der Waals surface area (Å²) in [7, 11) is 0. The summed E-state index contributed by atoms with van der Waals surface area (Å²) in [6, 6.07) is 1.54. The average molecular weight is 318 g/mol. The van der Waals surface area contributed by atoms with Crippen LogP contribution in [0.3, 0.4) is 0 Å². The molecule has 3 rings (SSSR count). The molecule has 10 nitrogen and oxygen atoms in total. The monoisotopic (exact) mass is 318 g/mol. The molecule has 0 bridgehead atoms. The molecule has 0 saturated carbocycles. The molecule has 0 atom stereocenters. The molecule has 0 aromatic carbocycles. The second-order valence-electron chi connectivity index (χ2n) is 4.80. The van der Waals surface area contributed by atoms with E-state index < -0.39 is 17.2 Å². The number of nitrogens with zero attached hydrogens (tertiary/aromatic N) is 3. The molecule has 10 heteroatoms. The lowest BCUT2D eigenvalue weighted by molar-refractivity contribution is 0.102. The summed E-state index contributed by atoms with van der Waals surface area (Å²) in [5.74, 6) is 0.0447. The highest BCUT2D eigenvalue weighted by Crippen LogP contribution is 2.13. The molecule has 1 aliphatic rings. The SMILES string of the molecule is O=C(Nc1c[nH]c(=O)[nH]c1=O)c1cc(N2CCOCC2)ncn1. The summed E-state index contributed by atoms with van der Waals surface area (Å²) in [4.78, 5) is 49.1. The molecule has 120 valence electrons. The molecule has 0 spiro atoms. The number of hydrogen-bond donors (Lipinski definition) is 3. The van der Waals surface area contributed by atoms with Crippen molar-refractivity contribution in [3.63, 3.8) is 0 Å². The van der Waals surface area contributed by atoms with Crippen LogP contribution in [0.1, 0.15) is 10.5 Å². The van der Waals surface area contributed by atoms with Crippen molar-refractivity contribution in [1.82, 2.24) is 19.9 Å². The van der Waals surface area contributed by atoms with Crippen LogP contribution >= 0.6 is 0 Å². The van der Waals surface area contributed by atoms with Crippen molar-refractivity contribution in [2.24, 2.45) is 0 Å². The zero-order valence-electron chi connectivity index (χ0n) is 12.0. The second-order valence-corrected chi connectivity index (χ2v) is 4.80. The van der Waals surface area contributed by atoms with Crippen LogP contribution in [0.15, 0.2) is 28.2 Å². The van der Waals surface area contributed by atoms with E-state index >= 15 is 0 Å². The lowest BCUT2D eigenvalue weighted by Crippen LogP contribution is -2.37. The summed E-state index contributed by atoms with van der Waals surface area (Å²) >= 11 is 0. The number of aromatic amines is 2. The van der Waals surface area contributed by atoms with Crippen LogP contribution in [0.25, 0.3) is 0 Å². The van der Waals surface area contributed by atoms with Crippen molar-refractivity contribution in [3.8, 4) is 0 Å². The third-order valence-electron chi connectivity index (χ3n) is 3.29. The van der Waals surface area contributed by atoms with E-state index in [9.17, 15) is 14.4 Å². The number of nitrogens with one attached hydrogen (secondary N) is 3. The number of rotatable bonds is 3. The van der Waals surface area contributed by atoms with Crippen molar-refractivity contribution in [1.29, 1.82) is 0 Å². The van der Waals surface area contributed by atoms with Gasteiger partial charge >= 0.3 is 5.69 Å². The van der Waals surface area contributed by atoms with Crippen LogP contribution in [0.5, 0.6) is 0 Å². The second kappa shape index (κ2) is 6.40. The Balaban J connectivity index is 1.79. The van der Waals surface area contributed by atoms with Gasteiger partial charge in [0, 0.05) is 25.4 Å². The molecule has 1 saturated heterocycles. The predicted molar refractivity (Wildman–Crippen MR) is 80.7 cm³/mol. The van der Waals surface area contributed by atoms with Crippen molar-refractivity contribution < 1.29 is 9.53 Å². The van der Waals surface area contributed by atoms with Crippen molar-refractivity contribution >= 4 is 17.4 Å². The van der Waals surface area contributed by atoms with Crippen LogP contribution in [-0.4, -0.2) is 52.1 Å². The molecular formula is C13H14N6O4. The minimum Gasteiger partial charge on any atom is -0.378 e. The normalized spacial score (nSPS) is 14.5. The van der Waals surface area contributed by atoms with E-state index in [0.29, 0.717) is 32.1 Å². The van der Waals surface area contributed by atoms with E-state index in [0.717, 1.165) is 6.20 Å². The van der Waals surface area contributed by atoms with E-state index in [-0.39, 0.29) is 11.4 Å². The number of carbonyl (C=O) groups is 1. The van der Waals surface area contributed by atoms with Gasteiger partial charge in [0.05, 0.1) is 13.2 Å².